The van der Waals surface area contributed by atoms with Crippen LogP contribution in [0.3, 0.4) is 0 Å². The second-order valence-corrected chi connectivity index (χ2v) is 10.7. The highest BCUT2D eigenvalue weighted by molar-refractivity contribution is 9.10. The Morgan fingerprint density at radius 2 is 1.68 bits per heavy atom. The zero-order valence-electron chi connectivity index (χ0n) is 20.6. The smallest absolute Gasteiger partial charge is 0.240 e. The number of ketones is 1. The predicted molar refractivity (Wildman–Crippen MR) is 146 cm³/mol. The number of imide groups is 1. The Balaban J connectivity index is 1.49. The maximum atomic E-state index is 14.2. The summed E-state index contributed by atoms with van der Waals surface area (Å²) in [5.74, 6) is -1.64. The van der Waals surface area contributed by atoms with Crippen molar-refractivity contribution >= 4 is 51.0 Å². The number of benzene rings is 3. The van der Waals surface area contributed by atoms with Crippen molar-refractivity contribution in [3.63, 3.8) is 0 Å². The SMILES string of the molecule is COc1ccc(C(=O)[C@@H]2[C@@H]3C(=O)N(c4ccc(C)cc4C)C(=O)[C@@H]3[C@H]3C=Cc4ccccc4N32)cc1Br. The molecule has 3 aliphatic heterocycles. The Bertz CT molecular complexity index is 1510. The summed E-state index contributed by atoms with van der Waals surface area (Å²) >= 11 is 3.48. The third kappa shape index (κ3) is 3.48. The van der Waals surface area contributed by atoms with Gasteiger partial charge in [0.25, 0.3) is 0 Å². The number of halogens is 1. The molecule has 3 aromatic carbocycles. The Kier molecular flexibility index (Phi) is 5.57. The number of ether oxygens (including phenoxy) is 1. The topological polar surface area (TPSA) is 66.9 Å². The number of carbonyl (C=O) groups is 3. The summed E-state index contributed by atoms with van der Waals surface area (Å²) < 4.78 is 5.99. The Labute approximate surface area is 223 Å². The van der Waals surface area contributed by atoms with Gasteiger partial charge in [0.1, 0.15) is 11.8 Å². The number of para-hydroxylation sites is 1. The predicted octanol–water partition coefficient (Wildman–Crippen LogP) is 5.35. The fraction of sp³-hybridized carbons (Fsp3) is 0.233. The number of hydrogen-bond acceptors (Lipinski definition) is 5. The molecule has 3 aliphatic rings. The van der Waals surface area contributed by atoms with Gasteiger partial charge in [-0.15, -0.1) is 0 Å². The van der Waals surface area contributed by atoms with Crippen molar-refractivity contribution < 1.29 is 19.1 Å². The first-order valence-electron chi connectivity index (χ1n) is 12.2. The maximum absolute atomic E-state index is 14.2. The molecule has 3 aromatic rings. The van der Waals surface area contributed by atoms with Gasteiger partial charge < -0.3 is 9.64 Å². The van der Waals surface area contributed by atoms with Gasteiger partial charge in [-0.25, -0.2) is 4.90 Å². The van der Waals surface area contributed by atoms with Crippen molar-refractivity contribution in [2.24, 2.45) is 11.8 Å². The first-order valence-corrected chi connectivity index (χ1v) is 13.0. The molecule has 3 heterocycles. The third-order valence-electron chi connectivity index (χ3n) is 7.71. The van der Waals surface area contributed by atoms with E-state index in [4.69, 9.17) is 4.74 Å². The molecule has 0 N–H and O–H groups in total. The van der Waals surface area contributed by atoms with Gasteiger partial charge >= 0.3 is 0 Å². The lowest BCUT2D eigenvalue weighted by atomic mass is 9.86. The molecule has 37 heavy (non-hydrogen) atoms. The van der Waals surface area contributed by atoms with Gasteiger partial charge in [-0.1, -0.05) is 48.0 Å². The van der Waals surface area contributed by atoms with Crippen LogP contribution >= 0.6 is 15.9 Å². The molecule has 0 unspecified atom stereocenters. The van der Waals surface area contributed by atoms with Crippen LogP contribution in [-0.2, 0) is 9.59 Å². The van der Waals surface area contributed by atoms with E-state index in [1.54, 1.807) is 25.3 Å². The van der Waals surface area contributed by atoms with Crippen molar-refractivity contribution in [2.45, 2.75) is 25.9 Å². The van der Waals surface area contributed by atoms with Crippen molar-refractivity contribution in [3.8, 4) is 5.75 Å². The molecule has 6 nitrogen and oxygen atoms in total. The van der Waals surface area contributed by atoms with Gasteiger partial charge in [0.05, 0.1) is 35.1 Å². The fourth-order valence-corrected chi connectivity index (χ4v) is 6.64. The van der Waals surface area contributed by atoms with E-state index in [0.717, 1.165) is 22.4 Å². The van der Waals surface area contributed by atoms with Crippen LogP contribution in [0.4, 0.5) is 11.4 Å². The van der Waals surface area contributed by atoms with E-state index in [0.29, 0.717) is 21.5 Å². The second-order valence-electron chi connectivity index (χ2n) is 9.83. The molecular weight excluding hydrogens is 532 g/mol. The molecule has 0 saturated carbocycles. The number of fused-ring (bicyclic) bond motifs is 5. The van der Waals surface area contributed by atoms with Gasteiger partial charge in [-0.05, 0) is 71.2 Å². The van der Waals surface area contributed by atoms with Gasteiger partial charge in [-0.2, -0.15) is 0 Å². The monoisotopic (exact) mass is 556 g/mol. The molecule has 0 radical (unpaired) electrons. The lowest BCUT2D eigenvalue weighted by molar-refractivity contribution is -0.122. The van der Waals surface area contributed by atoms with Crippen LogP contribution in [0, 0.1) is 25.7 Å². The Morgan fingerprint density at radius 3 is 2.41 bits per heavy atom. The molecule has 2 saturated heterocycles. The standard InChI is InChI=1S/C30H25BrN2O4/c1-16-8-11-21(17(2)14-16)33-29(35)25-23-12-9-18-6-4-5-7-22(18)32(23)27(26(25)30(33)36)28(34)19-10-13-24(37-3)20(31)15-19/h4-15,23,25-27H,1-3H3/t23-,25-,26-,27+/m1/s1. The summed E-state index contributed by atoms with van der Waals surface area (Å²) in [5.41, 5.74) is 4.75. The van der Waals surface area contributed by atoms with Gasteiger partial charge in [0.15, 0.2) is 5.78 Å². The molecule has 2 fully saturated rings. The third-order valence-corrected chi connectivity index (χ3v) is 8.33. The van der Waals surface area contributed by atoms with Gasteiger partial charge in [-0.3, -0.25) is 14.4 Å². The summed E-state index contributed by atoms with van der Waals surface area (Å²) in [7, 11) is 1.56. The highest BCUT2D eigenvalue weighted by Gasteiger charge is 2.64. The fourth-order valence-electron chi connectivity index (χ4n) is 6.10. The lowest BCUT2D eigenvalue weighted by Gasteiger charge is -2.36. The molecule has 0 aliphatic carbocycles. The number of amides is 2. The van der Waals surface area contributed by atoms with E-state index < -0.39 is 23.9 Å². The van der Waals surface area contributed by atoms with Crippen LogP contribution in [0.5, 0.6) is 5.75 Å². The molecule has 0 bridgehead atoms. The zero-order chi connectivity index (χ0) is 26.0. The van der Waals surface area contributed by atoms with E-state index >= 15 is 0 Å². The molecule has 6 rings (SSSR count). The van der Waals surface area contributed by atoms with Crippen molar-refractivity contribution in [3.05, 3.63) is 93.5 Å². The Morgan fingerprint density at radius 1 is 0.919 bits per heavy atom. The average Bonchev–Trinajstić information content (AvgIpc) is 3.36. The molecule has 0 spiro atoms. The number of carbonyl (C=O) groups excluding carboxylic acids is 3. The minimum absolute atomic E-state index is 0.199. The van der Waals surface area contributed by atoms with Crippen LogP contribution < -0.4 is 14.5 Å². The quantitative estimate of drug-likeness (QED) is 0.320. The maximum Gasteiger partial charge on any atom is 0.240 e. The number of hydrogen-bond donors (Lipinski definition) is 0. The summed E-state index contributed by atoms with van der Waals surface area (Å²) in [4.78, 5) is 45.5. The number of aryl methyl sites for hydroxylation is 2. The number of rotatable bonds is 4. The lowest BCUT2D eigenvalue weighted by Crippen LogP contribution is -2.49. The number of Topliss-reactive ketones (excluding diaryl/α,β-unsaturated/α-hetero) is 1. The van der Waals surface area contributed by atoms with Crippen LogP contribution in [0.15, 0.2) is 71.2 Å². The molecule has 4 atom stereocenters. The van der Waals surface area contributed by atoms with Crippen molar-refractivity contribution in [2.75, 3.05) is 16.9 Å². The summed E-state index contributed by atoms with van der Waals surface area (Å²) in [6.07, 6.45) is 3.95. The first-order chi connectivity index (χ1) is 17.8. The summed E-state index contributed by atoms with van der Waals surface area (Å²) in [5, 5.41) is 0. The van der Waals surface area contributed by atoms with Crippen LogP contribution in [0.1, 0.15) is 27.0 Å². The van der Waals surface area contributed by atoms with E-state index in [1.807, 2.05) is 73.4 Å². The minimum Gasteiger partial charge on any atom is -0.496 e. The highest BCUT2D eigenvalue weighted by atomic mass is 79.9. The molecule has 2 amide bonds. The van der Waals surface area contributed by atoms with E-state index in [9.17, 15) is 14.4 Å². The normalized spacial score (nSPS) is 23.7. The molecule has 7 heteroatoms. The van der Waals surface area contributed by atoms with Gasteiger partial charge in [0.2, 0.25) is 11.8 Å². The van der Waals surface area contributed by atoms with E-state index in [-0.39, 0.29) is 17.6 Å². The number of anilines is 2. The first kappa shape index (κ1) is 23.7. The molecule has 0 aromatic heterocycles. The average molecular weight is 557 g/mol. The number of nitrogens with zero attached hydrogens (tertiary/aromatic N) is 2. The van der Waals surface area contributed by atoms with E-state index in [1.165, 1.54) is 4.90 Å². The number of methoxy groups -OCH3 is 1. The Hall–Kier alpha value is -3.71. The zero-order valence-corrected chi connectivity index (χ0v) is 22.2. The van der Waals surface area contributed by atoms with Gasteiger partial charge in [0, 0.05) is 11.3 Å². The molecular formula is C30H25BrN2O4. The van der Waals surface area contributed by atoms with Crippen LogP contribution in [-0.4, -0.2) is 36.8 Å². The van der Waals surface area contributed by atoms with Crippen molar-refractivity contribution in [1.29, 1.82) is 0 Å². The largest absolute Gasteiger partial charge is 0.496 e. The second kappa shape index (κ2) is 8.70. The molecule has 186 valence electrons. The van der Waals surface area contributed by atoms with Crippen molar-refractivity contribution in [1.82, 2.24) is 0 Å². The van der Waals surface area contributed by atoms with E-state index in [2.05, 4.69) is 15.9 Å². The van der Waals surface area contributed by atoms with Crippen LogP contribution in [0.2, 0.25) is 0 Å². The summed E-state index contributed by atoms with van der Waals surface area (Å²) in [6.45, 7) is 3.88. The minimum atomic E-state index is -0.825. The highest BCUT2D eigenvalue weighted by Crippen LogP contribution is 2.50. The van der Waals surface area contributed by atoms with Crippen LogP contribution in [0.25, 0.3) is 6.08 Å². The summed E-state index contributed by atoms with van der Waals surface area (Å²) in [6, 6.07) is 17.4.